The van der Waals surface area contributed by atoms with E-state index in [2.05, 4.69) is 36.9 Å². The number of hydrogen-bond acceptors (Lipinski definition) is 6. The summed E-state index contributed by atoms with van der Waals surface area (Å²) in [6, 6.07) is 41.6. The van der Waals surface area contributed by atoms with Gasteiger partial charge < -0.3 is 15.2 Å². The number of fused-ring (bicyclic) bond motifs is 3. The molecule has 214 valence electrons. The van der Waals surface area contributed by atoms with Crippen molar-refractivity contribution in [1.82, 2.24) is 0 Å². The molecule has 6 rings (SSSR count). The van der Waals surface area contributed by atoms with Gasteiger partial charge in [-0.3, -0.25) is 4.79 Å². The van der Waals surface area contributed by atoms with Crippen molar-refractivity contribution >= 4 is 24.6 Å². The van der Waals surface area contributed by atoms with Gasteiger partial charge in [0, 0.05) is 28.4 Å². The summed E-state index contributed by atoms with van der Waals surface area (Å²) in [5, 5.41) is 0. The molecular formula is C37H31NO4S. The zero-order valence-corrected chi connectivity index (χ0v) is 24.3. The van der Waals surface area contributed by atoms with Crippen LogP contribution < -0.4 is 5.73 Å². The molecule has 0 heterocycles. The number of thiol groups is 1. The van der Waals surface area contributed by atoms with Crippen LogP contribution in [0.1, 0.15) is 44.1 Å². The van der Waals surface area contributed by atoms with Crippen LogP contribution in [0.2, 0.25) is 0 Å². The van der Waals surface area contributed by atoms with Gasteiger partial charge in [-0.1, -0.05) is 121 Å². The minimum Gasteiger partial charge on any atom is -0.461 e. The number of nitrogens with two attached hydrogens (primary N) is 1. The minimum absolute atomic E-state index is 0.0325. The third-order valence-corrected chi connectivity index (χ3v) is 8.38. The number of ether oxygens (including phenoxy) is 2. The largest absolute Gasteiger partial charge is 0.461 e. The summed E-state index contributed by atoms with van der Waals surface area (Å²) in [7, 11) is 0. The Kier molecular flexibility index (Phi) is 8.14. The van der Waals surface area contributed by atoms with Crippen LogP contribution in [0.15, 0.2) is 133 Å². The Morgan fingerprint density at radius 2 is 1.14 bits per heavy atom. The van der Waals surface area contributed by atoms with Crippen molar-refractivity contribution in [3.05, 3.63) is 167 Å². The second kappa shape index (κ2) is 12.3. The fraction of sp³-hybridized carbons (Fsp3) is 0.135. The van der Waals surface area contributed by atoms with Crippen LogP contribution in [0.4, 0.5) is 0 Å². The van der Waals surface area contributed by atoms with Crippen LogP contribution in [-0.2, 0) is 19.9 Å². The summed E-state index contributed by atoms with van der Waals surface area (Å²) in [5.74, 6) is -0.898. The van der Waals surface area contributed by atoms with Gasteiger partial charge in [0.25, 0.3) is 0 Å². The van der Waals surface area contributed by atoms with E-state index in [9.17, 15) is 9.59 Å². The molecule has 1 aliphatic carbocycles. The molecule has 0 aliphatic heterocycles. The van der Waals surface area contributed by atoms with Gasteiger partial charge in [-0.25, -0.2) is 4.79 Å². The highest BCUT2D eigenvalue weighted by Crippen LogP contribution is 2.45. The fourth-order valence-corrected chi connectivity index (χ4v) is 6.00. The molecule has 0 radical (unpaired) electrons. The van der Waals surface area contributed by atoms with Crippen molar-refractivity contribution in [1.29, 1.82) is 0 Å². The summed E-state index contributed by atoms with van der Waals surface area (Å²) < 4.78 is 12.2. The lowest BCUT2D eigenvalue weighted by Gasteiger charge is -2.36. The highest BCUT2D eigenvalue weighted by Gasteiger charge is 2.41. The van der Waals surface area contributed by atoms with Gasteiger partial charge in [0.1, 0.15) is 12.6 Å². The van der Waals surface area contributed by atoms with Gasteiger partial charge in [-0.15, -0.1) is 0 Å². The molecule has 2 N–H and O–H groups in total. The predicted molar refractivity (Wildman–Crippen MR) is 171 cm³/mol. The van der Waals surface area contributed by atoms with Crippen molar-refractivity contribution in [2.45, 2.75) is 17.6 Å². The van der Waals surface area contributed by atoms with E-state index in [0.717, 1.165) is 22.3 Å². The van der Waals surface area contributed by atoms with Crippen LogP contribution in [0, 0.1) is 0 Å². The predicted octanol–water partition coefficient (Wildman–Crippen LogP) is 6.75. The van der Waals surface area contributed by atoms with Crippen molar-refractivity contribution in [2.75, 3.05) is 12.4 Å². The van der Waals surface area contributed by atoms with E-state index in [1.807, 2.05) is 84.9 Å². The Hall–Kier alpha value is -4.65. The molecule has 0 unspecified atom stereocenters. The second-order valence-electron chi connectivity index (χ2n) is 10.5. The third kappa shape index (κ3) is 5.36. The molecular weight excluding hydrogens is 554 g/mol. The number of hydrogen-bond donors (Lipinski definition) is 2. The standard InChI is InChI=1S/C37H31NO4S/c38-34(24-43)36(40)42-37(26-11-3-1-4-12-26,27-13-5-2-6-14-27)28-21-19-25(20-22-28)35(39)41-23-33-31-17-9-7-15-29(31)30-16-8-10-18-32(30)33/h1-22,33-34,43H,23-24,38H2/t34-/m0/s1. The van der Waals surface area contributed by atoms with Gasteiger partial charge >= 0.3 is 11.9 Å². The topological polar surface area (TPSA) is 78.6 Å². The Morgan fingerprint density at radius 1 is 0.674 bits per heavy atom. The molecule has 0 aromatic heterocycles. The van der Waals surface area contributed by atoms with E-state index < -0.39 is 23.6 Å². The van der Waals surface area contributed by atoms with Gasteiger partial charge in [0.15, 0.2) is 5.60 Å². The van der Waals surface area contributed by atoms with E-state index in [1.54, 1.807) is 24.3 Å². The van der Waals surface area contributed by atoms with Crippen molar-refractivity contribution in [3.8, 4) is 11.1 Å². The molecule has 1 aliphatic rings. The van der Waals surface area contributed by atoms with Crippen LogP contribution >= 0.6 is 12.6 Å². The Morgan fingerprint density at radius 3 is 1.65 bits per heavy atom. The first-order valence-corrected chi connectivity index (χ1v) is 14.8. The molecule has 43 heavy (non-hydrogen) atoms. The quantitative estimate of drug-likeness (QED) is 0.114. The van der Waals surface area contributed by atoms with E-state index >= 15 is 0 Å². The molecule has 0 spiro atoms. The fourth-order valence-electron chi connectivity index (χ4n) is 5.85. The number of carbonyl (C=O) groups is 2. The summed E-state index contributed by atoms with van der Waals surface area (Å²) in [6.45, 7) is 0.228. The first-order chi connectivity index (χ1) is 21.0. The normalized spacial score (nSPS) is 13.1. The van der Waals surface area contributed by atoms with Crippen LogP contribution in [-0.4, -0.2) is 30.3 Å². The maximum Gasteiger partial charge on any atom is 0.338 e. The van der Waals surface area contributed by atoms with Crippen LogP contribution in [0.3, 0.4) is 0 Å². The van der Waals surface area contributed by atoms with Gasteiger partial charge in [-0.05, 0) is 34.4 Å². The molecule has 0 bridgehead atoms. The maximum absolute atomic E-state index is 13.3. The maximum atomic E-state index is 13.3. The molecule has 0 saturated heterocycles. The van der Waals surface area contributed by atoms with Crippen molar-refractivity contribution < 1.29 is 19.1 Å². The Balaban J connectivity index is 1.31. The smallest absolute Gasteiger partial charge is 0.338 e. The molecule has 0 fully saturated rings. The van der Waals surface area contributed by atoms with Crippen molar-refractivity contribution in [2.24, 2.45) is 5.73 Å². The monoisotopic (exact) mass is 585 g/mol. The first kappa shape index (κ1) is 28.5. The number of benzene rings is 5. The number of carbonyl (C=O) groups excluding carboxylic acids is 2. The van der Waals surface area contributed by atoms with E-state index in [1.165, 1.54) is 11.1 Å². The van der Waals surface area contributed by atoms with Gasteiger partial charge in [0.2, 0.25) is 0 Å². The zero-order valence-electron chi connectivity index (χ0n) is 23.4. The SMILES string of the molecule is N[C@@H](CS)C(=O)OC(c1ccccc1)(c1ccccc1)c1ccc(C(=O)OCC2c3ccccc3-c3ccccc32)cc1. The zero-order chi connectivity index (χ0) is 29.8. The van der Waals surface area contributed by atoms with Crippen molar-refractivity contribution in [3.63, 3.8) is 0 Å². The lowest BCUT2D eigenvalue weighted by Crippen LogP contribution is -2.42. The summed E-state index contributed by atoms with van der Waals surface area (Å²) in [6.07, 6.45) is 0. The molecule has 5 aromatic carbocycles. The Labute approximate surface area is 256 Å². The summed E-state index contributed by atoms with van der Waals surface area (Å²) in [5.41, 5.74) is 12.0. The number of rotatable bonds is 9. The van der Waals surface area contributed by atoms with Gasteiger partial charge in [-0.2, -0.15) is 12.6 Å². The molecule has 5 nitrogen and oxygen atoms in total. The highest BCUT2D eigenvalue weighted by molar-refractivity contribution is 7.80. The molecule has 5 aromatic rings. The Bertz CT molecular complexity index is 1650. The number of esters is 2. The second-order valence-corrected chi connectivity index (χ2v) is 10.9. The lowest BCUT2D eigenvalue weighted by molar-refractivity contribution is -0.154. The first-order valence-electron chi connectivity index (χ1n) is 14.2. The lowest BCUT2D eigenvalue weighted by atomic mass is 9.79. The van der Waals surface area contributed by atoms with Gasteiger partial charge in [0.05, 0.1) is 5.56 Å². The third-order valence-electron chi connectivity index (χ3n) is 7.98. The van der Waals surface area contributed by atoms with Crippen LogP contribution in [0.25, 0.3) is 11.1 Å². The summed E-state index contributed by atoms with van der Waals surface area (Å²) >= 11 is 4.21. The van der Waals surface area contributed by atoms with E-state index in [4.69, 9.17) is 15.2 Å². The molecule has 0 saturated carbocycles. The highest BCUT2D eigenvalue weighted by atomic mass is 32.1. The van der Waals surface area contributed by atoms with Crippen LogP contribution in [0.5, 0.6) is 0 Å². The average molecular weight is 586 g/mol. The molecule has 6 heteroatoms. The van der Waals surface area contributed by atoms with E-state index in [-0.39, 0.29) is 18.3 Å². The summed E-state index contributed by atoms with van der Waals surface area (Å²) in [4.78, 5) is 26.5. The molecule has 1 atom stereocenters. The van der Waals surface area contributed by atoms with E-state index in [0.29, 0.717) is 11.1 Å². The molecule has 0 amide bonds. The average Bonchev–Trinajstić information content (AvgIpc) is 3.40. The minimum atomic E-state index is -1.31.